The molecule has 0 fully saturated rings. The summed E-state index contributed by atoms with van der Waals surface area (Å²) >= 11 is 0. The number of benzene rings is 2. The number of carbonyl (C=O) groups is 1. The lowest BCUT2D eigenvalue weighted by Gasteiger charge is -2.08. The molecule has 0 aliphatic rings. The van der Waals surface area contributed by atoms with E-state index in [0.717, 1.165) is 28.2 Å². The number of pyridine rings is 1. The predicted octanol–water partition coefficient (Wildman–Crippen LogP) is 4.41. The van der Waals surface area contributed by atoms with Crippen LogP contribution in [0.25, 0.3) is 11.3 Å². The van der Waals surface area contributed by atoms with Crippen LogP contribution in [-0.2, 0) is 24.3 Å². The molecule has 4 aromatic rings. The van der Waals surface area contributed by atoms with Gasteiger partial charge in [-0.1, -0.05) is 60.7 Å². The zero-order valence-electron chi connectivity index (χ0n) is 17.2. The van der Waals surface area contributed by atoms with Crippen LogP contribution in [0, 0.1) is 0 Å². The van der Waals surface area contributed by atoms with E-state index in [0.29, 0.717) is 25.9 Å². The molecule has 0 saturated heterocycles. The van der Waals surface area contributed by atoms with E-state index in [-0.39, 0.29) is 11.5 Å². The molecule has 1 N–H and O–H groups in total. The average molecular weight is 412 g/mol. The zero-order chi connectivity index (χ0) is 21.5. The number of amides is 1. The van der Waals surface area contributed by atoms with Gasteiger partial charge in [0.05, 0.1) is 6.54 Å². The van der Waals surface area contributed by atoms with Crippen LogP contribution in [0.5, 0.6) is 0 Å². The second kappa shape index (κ2) is 9.76. The molecule has 0 unspecified atom stereocenters. The van der Waals surface area contributed by atoms with E-state index < -0.39 is 0 Å². The lowest BCUT2D eigenvalue weighted by Crippen LogP contribution is -2.23. The van der Waals surface area contributed by atoms with E-state index in [1.807, 2.05) is 72.8 Å². The number of hydrogen-bond donors (Lipinski definition) is 1. The van der Waals surface area contributed by atoms with Crippen molar-refractivity contribution in [3.05, 3.63) is 118 Å². The second-order valence-corrected chi connectivity index (χ2v) is 7.39. The number of furan rings is 1. The maximum absolute atomic E-state index is 12.2. The standard InChI is InChI=1S/C26H24N2O3/c29-25(16-14-23-13-15-24(31-23)22-6-2-1-3-7-22)27-18-20-9-11-21(12-10-20)19-28-17-5-4-8-26(28)30/h1-13,15,17H,14,16,18-19H2,(H,27,29). The van der Waals surface area contributed by atoms with Crippen molar-refractivity contribution in [2.75, 3.05) is 0 Å². The second-order valence-electron chi connectivity index (χ2n) is 7.39. The first-order valence-corrected chi connectivity index (χ1v) is 10.3. The van der Waals surface area contributed by atoms with Gasteiger partial charge in [-0.2, -0.15) is 0 Å². The van der Waals surface area contributed by atoms with Crippen molar-refractivity contribution in [3.63, 3.8) is 0 Å². The SMILES string of the molecule is O=C(CCc1ccc(-c2ccccc2)o1)NCc1ccc(Cn2ccccc2=O)cc1. The van der Waals surface area contributed by atoms with Crippen molar-refractivity contribution in [2.45, 2.75) is 25.9 Å². The molecule has 2 aromatic carbocycles. The first kappa shape index (κ1) is 20.4. The highest BCUT2D eigenvalue weighted by Gasteiger charge is 2.08. The summed E-state index contributed by atoms with van der Waals surface area (Å²) in [5.41, 5.74) is 3.06. The molecule has 0 aliphatic heterocycles. The molecule has 0 bridgehead atoms. The van der Waals surface area contributed by atoms with E-state index in [1.54, 1.807) is 22.9 Å². The fraction of sp³-hybridized carbons (Fsp3) is 0.154. The summed E-state index contributed by atoms with van der Waals surface area (Å²) in [7, 11) is 0. The van der Waals surface area contributed by atoms with Crippen molar-refractivity contribution in [1.29, 1.82) is 0 Å². The van der Waals surface area contributed by atoms with Gasteiger partial charge in [0.25, 0.3) is 5.56 Å². The largest absolute Gasteiger partial charge is 0.461 e. The molecule has 156 valence electrons. The smallest absolute Gasteiger partial charge is 0.250 e. The van der Waals surface area contributed by atoms with Crippen LogP contribution in [0.4, 0.5) is 0 Å². The molecule has 2 heterocycles. The normalized spacial score (nSPS) is 10.7. The summed E-state index contributed by atoms with van der Waals surface area (Å²) < 4.78 is 7.51. The van der Waals surface area contributed by atoms with Gasteiger partial charge >= 0.3 is 0 Å². The fourth-order valence-electron chi connectivity index (χ4n) is 3.35. The van der Waals surface area contributed by atoms with Crippen LogP contribution in [-0.4, -0.2) is 10.5 Å². The van der Waals surface area contributed by atoms with Gasteiger partial charge in [-0.05, 0) is 29.3 Å². The molecule has 0 saturated carbocycles. The number of carbonyl (C=O) groups excluding carboxylic acids is 1. The van der Waals surface area contributed by atoms with Crippen LogP contribution in [0.3, 0.4) is 0 Å². The van der Waals surface area contributed by atoms with Crippen LogP contribution >= 0.6 is 0 Å². The van der Waals surface area contributed by atoms with Crippen molar-refractivity contribution in [1.82, 2.24) is 9.88 Å². The van der Waals surface area contributed by atoms with Gasteiger partial charge < -0.3 is 14.3 Å². The van der Waals surface area contributed by atoms with Gasteiger partial charge in [0.1, 0.15) is 11.5 Å². The number of aryl methyl sites for hydroxylation is 1. The molecule has 5 heteroatoms. The van der Waals surface area contributed by atoms with E-state index in [4.69, 9.17) is 4.42 Å². The molecule has 5 nitrogen and oxygen atoms in total. The Balaban J connectivity index is 1.24. The summed E-state index contributed by atoms with van der Waals surface area (Å²) in [5, 5.41) is 2.95. The topological polar surface area (TPSA) is 64.2 Å². The lowest BCUT2D eigenvalue weighted by molar-refractivity contribution is -0.121. The highest BCUT2D eigenvalue weighted by molar-refractivity contribution is 5.76. The quantitative estimate of drug-likeness (QED) is 0.466. The Kier molecular flexibility index (Phi) is 6.43. The summed E-state index contributed by atoms with van der Waals surface area (Å²) in [6, 6.07) is 26.8. The third-order valence-corrected chi connectivity index (χ3v) is 5.08. The van der Waals surface area contributed by atoms with Gasteiger partial charge in [-0.3, -0.25) is 9.59 Å². The highest BCUT2D eigenvalue weighted by atomic mass is 16.3. The number of aromatic nitrogens is 1. The van der Waals surface area contributed by atoms with Crippen LogP contribution in [0.1, 0.15) is 23.3 Å². The highest BCUT2D eigenvalue weighted by Crippen LogP contribution is 2.22. The molecule has 1 amide bonds. The van der Waals surface area contributed by atoms with Gasteiger partial charge in [0.15, 0.2) is 0 Å². The number of hydrogen-bond acceptors (Lipinski definition) is 3. The van der Waals surface area contributed by atoms with Crippen LogP contribution < -0.4 is 10.9 Å². The Morgan fingerprint density at radius 2 is 1.58 bits per heavy atom. The van der Waals surface area contributed by atoms with E-state index in [9.17, 15) is 9.59 Å². The number of nitrogens with zero attached hydrogens (tertiary/aromatic N) is 1. The average Bonchev–Trinajstić information content (AvgIpc) is 3.28. The Labute approximate surface area is 181 Å². The summed E-state index contributed by atoms with van der Waals surface area (Å²) in [5.74, 6) is 1.60. The van der Waals surface area contributed by atoms with Crippen molar-refractivity contribution in [3.8, 4) is 11.3 Å². The molecule has 4 rings (SSSR count). The first-order valence-electron chi connectivity index (χ1n) is 10.3. The summed E-state index contributed by atoms with van der Waals surface area (Å²) in [6.07, 6.45) is 2.71. The minimum Gasteiger partial charge on any atom is -0.461 e. The Bertz CT molecular complexity index is 1190. The third-order valence-electron chi connectivity index (χ3n) is 5.08. The van der Waals surface area contributed by atoms with Crippen molar-refractivity contribution in [2.24, 2.45) is 0 Å². The Morgan fingerprint density at radius 3 is 2.35 bits per heavy atom. The van der Waals surface area contributed by atoms with Crippen LogP contribution in [0.15, 0.2) is 100 Å². The lowest BCUT2D eigenvalue weighted by atomic mass is 10.1. The molecular formula is C26H24N2O3. The fourth-order valence-corrected chi connectivity index (χ4v) is 3.35. The third kappa shape index (κ3) is 5.60. The van der Waals surface area contributed by atoms with E-state index in [1.165, 1.54) is 0 Å². The molecule has 0 aliphatic carbocycles. The zero-order valence-corrected chi connectivity index (χ0v) is 17.2. The van der Waals surface area contributed by atoms with Gasteiger partial charge in [-0.15, -0.1) is 0 Å². The molecule has 0 radical (unpaired) electrons. The molecule has 2 aromatic heterocycles. The van der Waals surface area contributed by atoms with E-state index in [2.05, 4.69) is 5.32 Å². The number of rotatable bonds is 8. The summed E-state index contributed by atoms with van der Waals surface area (Å²) in [4.78, 5) is 24.0. The Morgan fingerprint density at radius 1 is 0.839 bits per heavy atom. The van der Waals surface area contributed by atoms with Gasteiger partial charge in [-0.25, -0.2) is 0 Å². The minimum absolute atomic E-state index is 0.0161. The Hall–Kier alpha value is -3.86. The van der Waals surface area contributed by atoms with Crippen molar-refractivity contribution >= 4 is 5.91 Å². The molecule has 0 spiro atoms. The predicted molar refractivity (Wildman–Crippen MR) is 121 cm³/mol. The van der Waals surface area contributed by atoms with Crippen molar-refractivity contribution < 1.29 is 9.21 Å². The minimum atomic E-state index is -0.0220. The van der Waals surface area contributed by atoms with Gasteiger partial charge in [0.2, 0.25) is 5.91 Å². The van der Waals surface area contributed by atoms with E-state index >= 15 is 0 Å². The van der Waals surface area contributed by atoms with Gasteiger partial charge in [0, 0.05) is 37.2 Å². The molecular weight excluding hydrogens is 388 g/mol. The number of nitrogens with one attached hydrogen (secondary N) is 1. The monoisotopic (exact) mass is 412 g/mol. The molecule has 0 atom stereocenters. The maximum atomic E-state index is 12.2. The first-order chi connectivity index (χ1) is 15.2. The summed E-state index contributed by atoms with van der Waals surface area (Å²) in [6.45, 7) is 0.998. The maximum Gasteiger partial charge on any atom is 0.250 e. The van der Waals surface area contributed by atoms with Crippen LogP contribution in [0.2, 0.25) is 0 Å². The molecule has 31 heavy (non-hydrogen) atoms.